The SMILES string of the molecule is NC(=O)C1CCN(C2CCCCCC2N)C1. The molecule has 1 saturated heterocycles. The van der Waals surface area contributed by atoms with Crippen LogP contribution in [0.25, 0.3) is 0 Å². The Morgan fingerprint density at radius 3 is 2.56 bits per heavy atom. The van der Waals surface area contributed by atoms with Gasteiger partial charge in [0.15, 0.2) is 0 Å². The van der Waals surface area contributed by atoms with Gasteiger partial charge in [-0.05, 0) is 25.8 Å². The van der Waals surface area contributed by atoms with Crippen LogP contribution in [0.5, 0.6) is 0 Å². The first kappa shape index (κ1) is 11.9. The molecule has 2 fully saturated rings. The molecule has 4 heteroatoms. The van der Waals surface area contributed by atoms with E-state index in [0.717, 1.165) is 25.9 Å². The number of carbonyl (C=O) groups is 1. The van der Waals surface area contributed by atoms with Crippen molar-refractivity contribution in [1.82, 2.24) is 4.90 Å². The molecule has 3 atom stereocenters. The summed E-state index contributed by atoms with van der Waals surface area (Å²) in [4.78, 5) is 13.5. The Balaban J connectivity index is 1.94. The lowest BCUT2D eigenvalue weighted by atomic mass is 10.0. The minimum atomic E-state index is -0.148. The molecule has 4 N–H and O–H groups in total. The van der Waals surface area contributed by atoms with Crippen LogP contribution in [-0.2, 0) is 4.79 Å². The van der Waals surface area contributed by atoms with Crippen LogP contribution >= 0.6 is 0 Å². The third-order valence-electron chi connectivity index (χ3n) is 4.12. The summed E-state index contributed by atoms with van der Waals surface area (Å²) in [6, 6.07) is 0.765. The molecule has 2 aliphatic rings. The average molecular weight is 225 g/mol. The lowest BCUT2D eigenvalue weighted by Gasteiger charge is -2.31. The van der Waals surface area contributed by atoms with E-state index in [9.17, 15) is 4.79 Å². The van der Waals surface area contributed by atoms with Crippen LogP contribution in [0.15, 0.2) is 0 Å². The molecule has 16 heavy (non-hydrogen) atoms. The van der Waals surface area contributed by atoms with Crippen LogP contribution < -0.4 is 11.5 Å². The van der Waals surface area contributed by atoms with E-state index in [4.69, 9.17) is 11.5 Å². The fraction of sp³-hybridized carbons (Fsp3) is 0.917. The van der Waals surface area contributed by atoms with Gasteiger partial charge in [0.1, 0.15) is 0 Å². The quantitative estimate of drug-likeness (QED) is 0.670. The molecule has 92 valence electrons. The van der Waals surface area contributed by atoms with Crippen molar-refractivity contribution in [1.29, 1.82) is 0 Å². The molecule has 3 unspecified atom stereocenters. The van der Waals surface area contributed by atoms with E-state index in [2.05, 4.69) is 4.90 Å². The van der Waals surface area contributed by atoms with Crippen molar-refractivity contribution in [3.05, 3.63) is 0 Å². The van der Waals surface area contributed by atoms with Crippen molar-refractivity contribution < 1.29 is 4.79 Å². The summed E-state index contributed by atoms with van der Waals surface area (Å²) >= 11 is 0. The van der Waals surface area contributed by atoms with Gasteiger partial charge in [0.25, 0.3) is 0 Å². The zero-order chi connectivity index (χ0) is 11.5. The summed E-state index contributed by atoms with van der Waals surface area (Å²) < 4.78 is 0. The molecule has 0 aromatic rings. The highest BCUT2D eigenvalue weighted by molar-refractivity contribution is 5.77. The van der Waals surface area contributed by atoms with Gasteiger partial charge in [0.2, 0.25) is 5.91 Å². The molecule has 1 heterocycles. The Morgan fingerprint density at radius 2 is 1.88 bits per heavy atom. The molecule has 1 saturated carbocycles. The molecule has 0 radical (unpaired) electrons. The van der Waals surface area contributed by atoms with E-state index in [1.54, 1.807) is 0 Å². The minimum absolute atomic E-state index is 0.0513. The van der Waals surface area contributed by atoms with E-state index in [1.165, 1.54) is 25.7 Å². The van der Waals surface area contributed by atoms with Crippen LogP contribution in [0.4, 0.5) is 0 Å². The third kappa shape index (κ3) is 2.55. The number of carbonyl (C=O) groups excluding carboxylic acids is 1. The number of hydrogen-bond donors (Lipinski definition) is 2. The van der Waals surface area contributed by atoms with Crippen molar-refractivity contribution in [2.24, 2.45) is 17.4 Å². The van der Waals surface area contributed by atoms with Gasteiger partial charge in [0.05, 0.1) is 5.92 Å². The summed E-state index contributed by atoms with van der Waals surface area (Å²) in [5.74, 6) is -0.0971. The zero-order valence-electron chi connectivity index (χ0n) is 9.90. The Hall–Kier alpha value is -0.610. The fourth-order valence-corrected chi connectivity index (χ4v) is 3.09. The molecular weight excluding hydrogens is 202 g/mol. The third-order valence-corrected chi connectivity index (χ3v) is 4.12. The van der Waals surface area contributed by atoms with Gasteiger partial charge >= 0.3 is 0 Å². The smallest absolute Gasteiger partial charge is 0.221 e. The maximum atomic E-state index is 11.1. The van der Waals surface area contributed by atoms with Crippen LogP contribution in [0.1, 0.15) is 38.5 Å². The minimum Gasteiger partial charge on any atom is -0.369 e. The number of primary amides is 1. The summed E-state index contributed by atoms with van der Waals surface area (Å²) in [5.41, 5.74) is 11.6. The Labute approximate surface area is 97.3 Å². The molecule has 0 aromatic carbocycles. The maximum Gasteiger partial charge on any atom is 0.221 e. The Kier molecular flexibility index (Phi) is 3.82. The second-order valence-electron chi connectivity index (χ2n) is 5.25. The van der Waals surface area contributed by atoms with Crippen LogP contribution in [0.3, 0.4) is 0 Å². The number of hydrogen-bond acceptors (Lipinski definition) is 3. The van der Waals surface area contributed by atoms with Gasteiger partial charge in [0, 0.05) is 18.6 Å². The van der Waals surface area contributed by atoms with E-state index in [-0.39, 0.29) is 17.9 Å². The van der Waals surface area contributed by atoms with Crippen molar-refractivity contribution in [2.45, 2.75) is 50.6 Å². The average Bonchev–Trinajstić information content (AvgIpc) is 2.63. The second kappa shape index (κ2) is 5.15. The molecule has 0 aromatic heterocycles. The molecule has 0 bridgehead atoms. The monoisotopic (exact) mass is 225 g/mol. The zero-order valence-corrected chi connectivity index (χ0v) is 9.90. The number of nitrogens with zero attached hydrogens (tertiary/aromatic N) is 1. The second-order valence-corrected chi connectivity index (χ2v) is 5.25. The summed E-state index contributed by atoms with van der Waals surface area (Å²) in [6.07, 6.45) is 7.06. The first-order valence-corrected chi connectivity index (χ1v) is 6.47. The summed E-state index contributed by atoms with van der Waals surface area (Å²) in [7, 11) is 0. The fourth-order valence-electron chi connectivity index (χ4n) is 3.09. The highest BCUT2D eigenvalue weighted by Crippen LogP contribution is 2.26. The first-order chi connectivity index (χ1) is 7.68. The number of nitrogens with two attached hydrogens (primary N) is 2. The Morgan fingerprint density at radius 1 is 1.12 bits per heavy atom. The van der Waals surface area contributed by atoms with E-state index >= 15 is 0 Å². The largest absolute Gasteiger partial charge is 0.369 e. The van der Waals surface area contributed by atoms with Gasteiger partial charge in [-0.2, -0.15) is 0 Å². The van der Waals surface area contributed by atoms with Crippen molar-refractivity contribution in [2.75, 3.05) is 13.1 Å². The number of amides is 1. The highest BCUT2D eigenvalue weighted by Gasteiger charge is 2.34. The predicted octanol–water partition coefficient (Wildman–Crippen LogP) is 0.454. The standard InChI is InChI=1S/C12H23N3O/c13-10-4-2-1-3-5-11(10)15-7-6-9(8-15)12(14)16/h9-11H,1-8,13H2,(H2,14,16). The van der Waals surface area contributed by atoms with Gasteiger partial charge in [-0.25, -0.2) is 0 Å². The van der Waals surface area contributed by atoms with Crippen molar-refractivity contribution >= 4 is 5.91 Å². The van der Waals surface area contributed by atoms with Gasteiger partial charge in [-0.1, -0.05) is 19.3 Å². The van der Waals surface area contributed by atoms with Crippen LogP contribution in [-0.4, -0.2) is 36.0 Å². The molecule has 1 amide bonds. The van der Waals surface area contributed by atoms with Gasteiger partial charge in [-0.3, -0.25) is 9.69 Å². The van der Waals surface area contributed by atoms with E-state index in [0.29, 0.717) is 6.04 Å². The lowest BCUT2D eigenvalue weighted by molar-refractivity contribution is -0.121. The number of rotatable bonds is 2. The van der Waals surface area contributed by atoms with Gasteiger partial charge in [-0.15, -0.1) is 0 Å². The first-order valence-electron chi connectivity index (χ1n) is 6.47. The lowest BCUT2D eigenvalue weighted by Crippen LogP contribution is -2.46. The van der Waals surface area contributed by atoms with Crippen molar-refractivity contribution in [3.63, 3.8) is 0 Å². The van der Waals surface area contributed by atoms with E-state index in [1.807, 2.05) is 0 Å². The van der Waals surface area contributed by atoms with Crippen LogP contribution in [0, 0.1) is 5.92 Å². The molecule has 1 aliphatic carbocycles. The van der Waals surface area contributed by atoms with Crippen molar-refractivity contribution in [3.8, 4) is 0 Å². The summed E-state index contributed by atoms with van der Waals surface area (Å²) in [5, 5.41) is 0. The normalized spacial score (nSPS) is 37.2. The molecule has 2 rings (SSSR count). The Bertz CT molecular complexity index is 257. The highest BCUT2D eigenvalue weighted by atomic mass is 16.1. The predicted molar refractivity (Wildman–Crippen MR) is 63.7 cm³/mol. The molecule has 1 aliphatic heterocycles. The molecule has 0 spiro atoms. The number of likely N-dealkylation sites (tertiary alicyclic amines) is 1. The molecule has 4 nitrogen and oxygen atoms in total. The summed E-state index contributed by atoms with van der Waals surface area (Å²) in [6.45, 7) is 1.82. The maximum absolute atomic E-state index is 11.1. The van der Waals surface area contributed by atoms with Crippen LogP contribution in [0.2, 0.25) is 0 Å². The van der Waals surface area contributed by atoms with E-state index < -0.39 is 0 Å². The molecular formula is C12H23N3O. The topological polar surface area (TPSA) is 72.4 Å². The van der Waals surface area contributed by atoms with Gasteiger partial charge < -0.3 is 11.5 Å².